The molecule has 0 amide bonds. The van der Waals surface area contributed by atoms with Gasteiger partial charge in [-0.2, -0.15) is 13.2 Å². The van der Waals surface area contributed by atoms with Gasteiger partial charge < -0.3 is 10.1 Å². The smallest absolute Gasteiger partial charge is 0.394 e. The van der Waals surface area contributed by atoms with Gasteiger partial charge in [0.1, 0.15) is 0 Å². The van der Waals surface area contributed by atoms with Crippen LogP contribution in [0, 0.1) is 0 Å². The number of thioether (sulfide) groups is 1. The van der Waals surface area contributed by atoms with E-state index in [0.717, 1.165) is 11.8 Å². The van der Waals surface area contributed by atoms with E-state index in [1.165, 1.54) is 17.1 Å². The van der Waals surface area contributed by atoms with Crippen LogP contribution in [0.1, 0.15) is 11.6 Å². The number of benzene rings is 1. The highest BCUT2D eigenvalue weighted by molar-refractivity contribution is 7.99. The molecule has 1 atom stereocenters. The van der Waals surface area contributed by atoms with Crippen molar-refractivity contribution < 1.29 is 18.3 Å². The quantitative estimate of drug-likeness (QED) is 0.541. The van der Waals surface area contributed by atoms with Gasteiger partial charge >= 0.3 is 11.9 Å². The van der Waals surface area contributed by atoms with E-state index >= 15 is 0 Å². The molecule has 144 valence electrons. The Kier molecular flexibility index (Phi) is 5.31. The van der Waals surface area contributed by atoms with Gasteiger partial charge in [-0.05, 0) is 6.07 Å². The largest absolute Gasteiger partial charge is 0.417 e. The third-order valence-electron chi connectivity index (χ3n) is 3.68. The number of alkyl halides is 3. The van der Waals surface area contributed by atoms with Crippen molar-refractivity contribution in [1.82, 2.24) is 25.0 Å². The van der Waals surface area contributed by atoms with E-state index in [1.54, 1.807) is 0 Å². The molecule has 3 aromatic rings. The van der Waals surface area contributed by atoms with Gasteiger partial charge in [-0.1, -0.05) is 16.8 Å². The minimum Gasteiger partial charge on any atom is -0.394 e. The van der Waals surface area contributed by atoms with Gasteiger partial charge in [-0.25, -0.2) is 9.48 Å². The van der Waals surface area contributed by atoms with Gasteiger partial charge in [0.25, 0.3) is 5.56 Å². The number of H-pyrrole nitrogens is 2. The number of nitrogens with zero attached hydrogens (tertiary/aromatic N) is 3. The molecule has 2 aromatic heterocycles. The summed E-state index contributed by atoms with van der Waals surface area (Å²) in [6.45, 7) is -0.359. The molecule has 8 nitrogen and oxygen atoms in total. The van der Waals surface area contributed by atoms with Gasteiger partial charge in [-0.3, -0.25) is 9.78 Å². The van der Waals surface area contributed by atoms with Gasteiger partial charge in [0.2, 0.25) is 0 Å². The Balaban J connectivity index is 2.13. The molecular weight excluding hydrogens is 411 g/mol. The lowest BCUT2D eigenvalue weighted by molar-refractivity contribution is -0.137. The van der Waals surface area contributed by atoms with Crippen LogP contribution in [-0.4, -0.2) is 42.4 Å². The highest BCUT2D eigenvalue weighted by Crippen LogP contribution is 2.43. The lowest BCUT2D eigenvalue weighted by Gasteiger charge is -2.17. The Morgan fingerprint density at radius 2 is 2.07 bits per heavy atom. The summed E-state index contributed by atoms with van der Waals surface area (Å²) in [6, 6.07) is -0.0101. The van der Waals surface area contributed by atoms with E-state index in [-0.39, 0.29) is 28.2 Å². The molecule has 1 aromatic carbocycles. The minimum absolute atomic E-state index is 0.0603. The van der Waals surface area contributed by atoms with E-state index in [9.17, 15) is 27.9 Å². The highest BCUT2D eigenvalue weighted by Gasteiger charge is 2.35. The van der Waals surface area contributed by atoms with Crippen molar-refractivity contribution in [2.75, 3.05) is 12.4 Å². The number of aliphatic hydroxyl groups is 1. The number of aromatic amines is 2. The molecule has 0 radical (unpaired) electrons. The third-order valence-corrected chi connectivity index (χ3v) is 5.44. The van der Waals surface area contributed by atoms with Crippen molar-refractivity contribution in [3.8, 4) is 0 Å². The standard InChI is InChI=1S/C14H11ClF3N5O3S/c15-9-8(14(16,17)18)3-7-10(20-13(26)21-12(7)25)11(9)27-5-6(4-24)23-2-1-19-22-23/h1-3,6,24H,4-5H2,(H2,20,21,25,26). The monoisotopic (exact) mass is 421 g/mol. The van der Waals surface area contributed by atoms with Gasteiger partial charge in [0.15, 0.2) is 0 Å². The molecule has 3 N–H and O–H groups in total. The first-order chi connectivity index (χ1) is 12.7. The fourth-order valence-electron chi connectivity index (χ4n) is 2.40. The van der Waals surface area contributed by atoms with E-state index < -0.39 is 34.1 Å². The zero-order chi connectivity index (χ0) is 19.8. The number of hydrogen-bond acceptors (Lipinski definition) is 6. The second-order valence-electron chi connectivity index (χ2n) is 5.43. The molecule has 27 heavy (non-hydrogen) atoms. The first-order valence-electron chi connectivity index (χ1n) is 7.37. The van der Waals surface area contributed by atoms with Gasteiger partial charge in [0, 0.05) is 11.9 Å². The molecule has 0 aliphatic carbocycles. The van der Waals surface area contributed by atoms with Crippen LogP contribution in [0.5, 0.6) is 0 Å². The minimum atomic E-state index is -4.80. The number of hydrogen-bond donors (Lipinski definition) is 3. The molecule has 0 aliphatic heterocycles. The Labute approximate surface area is 157 Å². The molecule has 13 heteroatoms. The number of rotatable bonds is 5. The molecule has 0 spiro atoms. The molecule has 2 heterocycles. The summed E-state index contributed by atoms with van der Waals surface area (Å²) in [4.78, 5) is 27.6. The maximum Gasteiger partial charge on any atom is 0.417 e. The maximum absolute atomic E-state index is 13.3. The summed E-state index contributed by atoms with van der Waals surface area (Å²) in [5.74, 6) is 0.0603. The Morgan fingerprint density at radius 1 is 1.33 bits per heavy atom. The van der Waals surface area contributed by atoms with Crippen LogP contribution in [-0.2, 0) is 6.18 Å². The molecule has 0 bridgehead atoms. The summed E-state index contributed by atoms with van der Waals surface area (Å²) in [6.07, 6.45) is -1.93. The lowest BCUT2D eigenvalue weighted by Crippen LogP contribution is -2.23. The molecule has 1 unspecified atom stereocenters. The molecule has 0 fully saturated rings. The van der Waals surface area contributed by atoms with Crippen molar-refractivity contribution in [2.24, 2.45) is 0 Å². The Hall–Kier alpha value is -2.31. The van der Waals surface area contributed by atoms with Crippen LogP contribution in [0.25, 0.3) is 10.9 Å². The van der Waals surface area contributed by atoms with Crippen molar-refractivity contribution in [3.63, 3.8) is 0 Å². The van der Waals surface area contributed by atoms with Crippen LogP contribution in [0.4, 0.5) is 13.2 Å². The topological polar surface area (TPSA) is 117 Å². The fraction of sp³-hybridized carbons (Fsp3) is 0.286. The number of fused-ring (bicyclic) bond motifs is 1. The average Bonchev–Trinajstić information content (AvgIpc) is 3.10. The normalized spacial score (nSPS) is 13.2. The van der Waals surface area contributed by atoms with Crippen LogP contribution >= 0.6 is 23.4 Å². The Morgan fingerprint density at radius 3 is 2.67 bits per heavy atom. The number of aromatic nitrogens is 5. The van der Waals surface area contributed by atoms with Crippen LogP contribution in [0.3, 0.4) is 0 Å². The summed E-state index contributed by atoms with van der Waals surface area (Å²) < 4.78 is 41.3. The van der Waals surface area contributed by atoms with E-state index in [2.05, 4.69) is 15.3 Å². The second-order valence-corrected chi connectivity index (χ2v) is 6.83. The number of aliphatic hydroxyl groups excluding tert-OH is 1. The van der Waals surface area contributed by atoms with E-state index in [4.69, 9.17) is 11.6 Å². The van der Waals surface area contributed by atoms with Crippen molar-refractivity contribution >= 4 is 34.3 Å². The van der Waals surface area contributed by atoms with Crippen molar-refractivity contribution in [2.45, 2.75) is 17.1 Å². The number of halogens is 4. The summed E-state index contributed by atoms with van der Waals surface area (Å²) in [5.41, 5.74) is -3.15. The van der Waals surface area contributed by atoms with E-state index in [1.807, 2.05) is 4.98 Å². The first-order valence-corrected chi connectivity index (χ1v) is 8.74. The Bertz CT molecular complexity index is 1080. The predicted molar refractivity (Wildman–Crippen MR) is 92.1 cm³/mol. The summed E-state index contributed by atoms with van der Waals surface area (Å²) >= 11 is 6.81. The lowest BCUT2D eigenvalue weighted by atomic mass is 10.1. The predicted octanol–water partition coefficient (Wildman–Crippen LogP) is 1.81. The zero-order valence-corrected chi connectivity index (χ0v) is 14.8. The molecular formula is C14H11ClF3N5O3S. The van der Waals surface area contributed by atoms with Crippen LogP contribution in [0.15, 0.2) is 32.9 Å². The summed E-state index contributed by atoms with van der Waals surface area (Å²) in [7, 11) is 0. The third kappa shape index (κ3) is 3.87. The van der Waals surface area contributed by atoms with E-state index in [0.29, 0.717) is 6.07 Å². The van der Waals surface area contributed by atoms with Crippen molar-refractivity contribution in [1.29, 1.82) is 0 Å². The molecule has 0 aliphatic rings. The average molecular weight is 422 g/mol. The van der Waals surface area contributed by atoms with Gasteiger partial charge in [0.05, 0.1) is 45.2 Å². The molecule has 3 rings (SSSR count). The summed E-state index contributed by atoms with van der Waals surface area (Å²) in [5, 5.41) is 15.9. The van der Waals surface area contributed by atoms with Crippen LogP contribution < -0.4 is 11.2 Å². The van der Waals surface area contributed by atoms with Crippen LogP contribution in [0.2, 0.25) is 5.02 Å². The first kappa shape index (κ1) is 19.5. The number of nitrogens with one attached hydrogen (secondary N) is 2. The fourth-order valence-corrected chi connectivity index (χ4v) is 3.98. The maximum atomic E-state index is 13.3. The molecule has 0 saturated carbocycles. The highest BCUT2D eigenvalue weighted by atomic mass is 35.5. The van der Waals surface area contributed by atoms with Crippen molar-refractivity contribution in [3.05, 3.63) is 49.9 Å². The molecule has 0 saturated heterocycles. The SMILES string of the molecule is O=c1[nH]c(=O)c2cc(C(F)(F)F)c(Cl)c(SCC(CO)n3ccnn3)c2[nH]1. The van der Waals surface area contributed by atoms with Gasteiger partial charge in [-0.15, -0.1) is 16.9 Å². The zero-order valence-electron chi connectivity index (χ0n) is 13.2. The second kappa shape index (κ2) is 7.37.